The molecule has 0 radical (unpaired) electrons. The minimum atomic E-state index is 0.691. The topological polar surface area (TPSA) is 35.6 Å². The molecule has 4 aromatic carbocycles. The molecule has 174 valence electrons. The maximum atomic E-state index is 5.21. The quantitative estimate of drug-likeness (QED) is 0.248. The van der Waals surface area contributed by atoms with Gasteiger partial charge in [0.05, 0.1) is 27.8 Å². The van der Waals surface area contributed by atoms with Gasteiger partial charge in [-0.05, 0) is 30.3 Å². The number of para-hydroxylation sites is 2. The number of rotatable bonds is 3. The molecule has 0 aliphatic heterocycles. The zero-order chi connectivity index (χ0) is 24.3. The molecular weight excluding hydrogens is 472 g/mol. The number of hydrogen-bond donors (Lipinski definition) is 0. The Morgan fingerprint density at radius 2 is 1.35 bits per heavy atom. The van der Waals surface area contributed by atoms with E-state index in [1.54, 1.807) is 11.3 Å². The molecule has 0 atom stereocenters. The van der Waals surface area contributed by atoms with Crippen LogP contribution in [0.2, 0.25) is 0 Å². The standard InChI is InChI=1S/C32H20N4S/c1-3-9-21(10-4-1)30-26-19-37-20-27(26)33-32(34-30)36-29-14-8-7-13-23(29)24-15-16-28-25(31(24)36)17-18-35(28)22-11-5-2-6-12-22/h1-20H. The fraction of sp³-hybridized carbons (Fsp3) is 0. The van der Waals surface area contributed by atoms with Crippen molar-refractivity contribution in [3.63, 3.8) is 0 Å². The Hall–Kier alpha value is -4.74. The first-order valence-electron chi connectivity index (χ1n) is 12.3. The fourth-order valence-electron chi connectivity index (χ4n) is 5.46. The van der Waals surface area contributed by atoms with E-state index in [2.05, 4.69) is 117 Å². The Balaban J connectivity index is 1.50. The molecule has 8 aromatic rings. The summed E-state index contributed by atoms with van der Waals surface area (Å²) in [6.07, 6.45) is 2.15. The minimum absolute atomic E-state index is 0.691. The van der Waals surface area contributed by atoms with E-state index >= 15 is 0 Å². The average molecular weight is 493 g/mol. The molecule has 0 amide bonds. The number of fused-ring (bicyclic) bond motifs is 6. The molecule has 0 fully saturated rings. The number of aromatic nitrogens is 4. The van der Waals surface area contributed by atoms with E-state index in [-0.39, 0.29) is 0 Å². The predicted octanol–water partition coefficient (Wildman–Crippen LogP) is 8.40. The van der Waals surface area contributed by atoms with Crippen LogP contribution in [0.15, 0.2) is 120 Å². The van der Waals surface area contributed by atoms with Crippen molar-refractivity contribution in [3.05, 3.63) is 120 Å². The van der Waals surface area contributed by atoms with E-state index in [1.807, 2.05) is 12.1 Å². The molecule has 0 aliphatic rings. The molecule has 0 N–H and O–H groups in total. The SMILES string of the molecule is c1ccc(-c2nc(-n3c4ccccc4c4ccc5c(ccn5-c5ccccc5)c43)nc3cscc23)cc1. The molecule has 4 heterocycles. The van der Waals surface area contributed by atoms with Gasteiger partial charge in [0.15, 0.2) is 0 Å². The van der Waals surface area contributed by atoms with Crippen LogP contribution in [0.25, 0.3) is 66.5 Å². The van der Waals surface area contributed by atoms with Crippen LogP contribution in [0.4, 0.5) is 0 Å². The monoisotopic (exact) mass is 492 g/mol. The normalized spacial score (nSPS) is 11.8. The van der Waals surface area contributed by atoms with E-state index in [0.717, 1.165) is 44.4 Å². The second kappa shape index (κ2) is 7.88. The lowest BCUT2D eigenvalue weighted by molar-refractivity contribution is 1.02. The van der Waals surface area contributed by atoms with Crippen LogP contribution in [-0.2, 0) is 0 Å². The van der Waals surface area contributed by atoms with Gasteiger partial charge in [-0.15, -0.1) is 11.3 Å². The van der Waals surface area contributed by atoms with E-state index in [9.17, 15) is 0 Å². The lowest BCUT2D eigenvalue weighted by Gasteiger charge is -2.11. The highest BCUT2D eigenvalue weighted by atomic mass is 32.1. The summed E-state index contributed by atoms with van der Waals surface area (Å²) in [5.41, 5.74) is 7.55. The third-order valence-corrected chi connectivity index (χ3v) is 7.84. The number of thiophene rings is 1. The zero-order valence-corrected chi connectivity index (χ0v) is 20.6. The third-order valence-electron chi connectivity index (χ3n) is 7.11. The number of benzene rings is 4. The molecule has 5 heteroatoms. The summed E-state index contributed by atoms with van der Waals surface area (Å²) in [6.45, 7) is 0. The summed E-state index contributed by atoms with van der Waals surface area (Å²) in [4.78, 5) is 10.3. The third kappa shape index (κ3) is 3.01. The van der Waals surface area contributed by atoms with Crippen LogP contribution in [0, 0.1) is 0 Å². The Morgan fingerprint density at radius 3 is 2.22 bits per heavy atom. The van der Waals surface area contributed by atoms with Crippen molar-refractivity contribution in [1.29, 1.82) is 0 Å². The van der Waals surface area contributed by atoms with Crippen molar-refractivity contribution in [1.82, 2.24) is 19.1 Å². The van der Waals surface area contributed by atoms with Gasteiger partial charge >= 0.3 is 0 Å². The van der Waals surface area contributed by atoms with E-state index in [1.165, 1.54) is 16.2 Å². The van der Waals surface area contributed by atoms with Gasteiger partial charge in [0.1, 0.15) is 0 Å². The smallest absolute Gasteiger partial charge is 0.235 e. The first-order valence-corrected chi connectivity index (χ1v) is 13.2. The van der Waals surface area contributed by atoms with Crippen molar-refractivity contribution < 1.29 is 0 Å². The molecular formula is C32H20N4S. The van der Waals surface area contributed by atoms with Crippen molar-refractivity contribution in [2.75, 3.05) is 0 Å². The highest BCUT2D eigenvalue weighted by molar-refractivity contribution is 7.09. The van der Waals surface area contributed by atoms with Crippen molar-refractivity contribution in [2.45, 2.75) is 0 Å². The Bertz CT molecular complexity index is 2080. The van der Waals surface area contributed by atoms with Crippen molar-refractivity contribution >= 4 is 54.9 Å². The molecule has 4 aromatic heterocycles. The Morgan fingerprint density at radius 1 is 0.568 bits per heavy atom. The Labute approximate surface area is 216 Å². The van der Waals surface area contributed by atoms with Gasteiger partial charge in [-0.2, -0.15) is 0 Å². The molecule has 0 saturated carbocycles. The van der Waals surface area contributed by atoms with Crippen LogP contribution in [0.3, 0.4) is 0 Å². The summed E-state index contributed by atoms with van der Waals surface area (Å²) in [5, 5.41) is 8.91. The van der Waals surface area contributed by atoms with Gasteiger partial charge in [-0.1, -0.05) is 72.8 Å². The maximum Gasteiger partial charge on any atom is 0.235 e. The lowest BCUT2D eigenvalue weighted by Crippen LogP contribution is -2.03. The van der Waals surface area contributed by atoms with Gasteiger partial charge in [0.25, 0.3) is 0 Å². The van der Waals surface area contributed by atoms with Crippen LogP contribution in [0.1, 0.15) is 0 Å². The molecule has 8 rings (SSSR count). The molecule has 0 spiro atoms. The summed E-state index contributed by atoms with van der Waals surface area (Å²) >= 11 is 1.66. The Kier molecular flexibility index (Phi) is 4.36. The molecule has 4 nitrogen and oxygen atoms in total. The van der Waals surface area contributed by atoms with Crippen LogP contribution in [-0.4, -0.2) is 19.1 Å². The number of hydrogen-bond acceptors (Lipinski definition) is 3. The zero-order valence-electron chi connectivity index (χ0n) is 19.7. The summed E-state index contributed by atoms with van der Waals surface area (Å²) in [6, 6.07) is 36.1. The number of nitrogens with zero attached hydrogens (tertiary/aromatic N) is 4. The fourth-order valence-corrected chi connectivity index (χ4v) is 6.21. The van der Waals surface area contributed by atoms with Gasteiger partial charge in [-0.25, -0.2) is 9.97 Å². The molecule has 0 aliphatic carbocycles. The van der Waals surface area contributed by atoms with E-state index in [4.69, 9.17) is 9.97 Å². The van der Waals surface area contributed by atoms with E-state index in [0.29, 0.717) is 5.95 Å². The van der Waals surface area contributed by atoms with Gasteiger partial charge in [-0.3, -0.25) is 4.57 Å². The van der Waals surface area contributed by atoms with Crippen LogP contribution < -0.4 is 0 Å². The first-order chi connectivity index (χ1) is 18.4. The largest absolute Gasteiger partial charge is 0.316 e. The molecule has 0 unspecified atom stereocenters. The molecule has 0 bridgehead atoms. The van der Waals surface area contributed by atoms with Crippen LogP contribution in [0.5, 0.6) is 0 Å². The van der Waals surface area contributed by atoms with Crippen molar-refractivity contribution in [2.24, 2.45) is 0 Å². The molecule has 37 heavy (non-hydrogen) atoms. The summed E-state index contributed by atoms with van der Waals surface area (Å²) in [5.74, 6) is 0.691. The summed E-state index contributed by atoms with van der Waals surface area (Å²) in [7, 11) is 0. The highest BCUT2D eigenvalue weighted by Gasteiger charge is 2.20. The average Bonchev–Trinajstić information content (AvgIpc) is 3.69. The molecule has 0 saturated heterocycles. The van der Waals surface area contributed by atoms with Crippen LogP contribution >= 0.6 is 11.3 Å². The first kappa shape index (κ1) is 20.5. The summed E-state index contributed by atoms with van der Waals surface area (Å²) < 4.78 is 4.49. The highest BCUT2D eigenvalue weighted by Crippen LogP contribution is 2.38. The minimum Gasteiger partial charge on any atom is -0.316 e. The van der Waals surface area contributed by atoms with Gasteiger partial charge < -0.3 is 4.57 Å². The second-order valence-electron chi connectivity index (χ2n) is 9.18. The van der Waals surface area contributed by atoms with Crippen molar-refractivity contribution in [3.8, 4) is 22.9 Å². The maximum absolute atomic E-state index is 5.21. The lowest BCUT2D eigenvalue weighted by atomic mass is 10.1. The second-order valence-corrected chi connectivity index (χ2v) is 9.92. The predicted molar refractivity (Wildman–Crippen MR) is 154 cm³/mol. The van der Waals surface area contributed by atoms with Gasteiger partial charge in [0, 0.05) is 49.8 Å². The van der Waals surface area contributed by atoms with Gasteiger partial charge in [0.2, 0.25) is 5.95 Å². The van der Waals surface area contributed by atoms with E-state index < -0.39 is 0 Å².